The van der Waals surface area contributed by atoms with Gasteiger partial charge in [-0.3, -0.25) is 4.98 Å². The molecule has 0 amide bonds. The van der Waals surface area contributed by atoms with Gasteiger partial charge in [0.2, 0.25) is 5.95 Å². The molecule has 0 saturated heterocycles. The number of hydrogen-bond donors (Lipinski definition) is 0. The van der Waals surface area contributed by atoms with Crippen LogP contribution in [0, 0.1) is 17.8 Å². The van der Waals surface area contributed by atoms with Crippen molar-refractivity contribution >= 4 is 0 Å². The van der Waals surface area contributed by atoms with E-state index in [1.165, 1.54) is 38.2 Å². The van der Waals surface area contributed by atoms with Gasteiger partial charge in [-0.05, 0) is 74.1 Å². The van der Waals surface area contributed by atoms with Gasteiger partial charge in [0.25, 0.3) is 0 Å². The zero-order valence-electron chi connectivity index (χ0n) is 24.7. The van der Waals surface area contributed by atoms with Crippen LogP contribution in [0.25, 0.3) is 11.4 Å². The maximum atomic E-state index is 15.2. The van der Waals surface area contributed by atoms with Crippen LogP contribution in [0.4, 0.5) is 17.6 Å². The Bertz CT molecular complexity index is 1080. The Morgan fingerprint density at radius 2 is 1.76 bits per heavy atom. The van der Waals surface area contributed by atoms with Crippen molar-refractivity contribution in [1.82, 2.24) is 9.97 Å². The van der Waals surface area contributed by atoms with E-state index in [4.69, 9.17) is 9.47 Å². The van der Waals surface area contributed by atoms with Crippen LogP contribution < -0.4 is 4.74 Å². The molecule has 2 aliphatic rings. The van der Waals surface area contributed by atoms with Crippen LogP contribution in [-0.4, -0.2) is 35.5 Å². The van der Waals surface area contributed by atoms with Crippen molar-refractivity contribution in [3.63, 3.8) is 0 Å². The molecule has 4 nitrogen and oxygen atoms in total. The summed E-state index contributed by atoms with van der Waals surface area (Å²) in [4.78, 5) is 8.17. The molecule has 0 aliphatic heterocycles. The van der Waals surface area contributed by atoms with Crippen LogP contribution in [0.1, 0.15) is 108 Å². The van der Waals surface area contributed by atoms with Gasteiger partial charge in [-0.15, -0.1) is 0 Å². The fourth-order valence-corrected chi connectivity index (χ4v) is 5.99. The number of aromatic nitrogens is 2. The number of nitrogens with zero attached hydrogens (tertiary/aromatic N) is 2. The van der Waals surface area contributed by atoms with Crippen molar-refractivity contribution in [2.75, 3.05) is 13.2 Å². The molecule has 1 saturated carbocycles. The van der Waals surface area contributed by atoms with Crippen molar-refractivity contribution in [3.8, 4) is 17.1 Å². The van der Waals surface area contributed by atoms with Crippen molar-refractivity contribution in [3.05, 3.63) is 41.5 Å². The molecule has 4 rings (SSSR count). The Hall–Kier alpha value is -2.22. The molecule has 2 aliphatic carbocycles. The maximum absolute atomic E-state index is 15.2. The summed E-state index contributed by atoms with van der Waals surface area (Å²) in [6, 6.07) is 4.89. The van der Waals surface area contributed by atoms with E-state index in [0.29, 0.717) is 24.5 Å². The van der Waals surface area contributed by atoms with Gasteiger partial charge in [0.05, 0.1) is 36.4 Å². The van der Waals surface area contributed by atoms with Gasteiger partial charge in [0.1, 0.15) is 18.0 Å². The van der Waals surface area contributed by atoms with E-state index in [9.17, 15) is 4.39 Å². The van der Waals surface area contributed by atoms with E-state index < -0.39 is 36.3 Å². The normalized spacial score (nSPS) is 19.5. The van der Waals surface area contributed by atoms with Crippen LogP contribution >= 0.6 is 0 Å². The first-order valence-corrected chi connectivity index (χ1v) is 15.8. The average Bonchev–Trinajstić information content (AvgIpc) is 3.80. The van der Waals surface area contributed by atoms with Crippen LogP contribution in [0.5, 0.6) is 5.75 Å². The number of rotatable bonds is 18. The number of halogens is 4. The summed E-state index contributed by atoms with van der Waals surface area (Å²) in [6.07, 6.45) is 11.5. The van der Waals surface area contributed by atoms with E-state index >= 15 is 13.2 Å². The summed E-state index contributed by atoms with van der Waals surface area (Å²) in [5.41, 5.74) is 0.0100. The van der Waals surface area contributed by atoms with Gasteiger partial charge in [0.15, 0.2) is 0 Å². The molecular formula is C33H46F4N2O2. The molecule has 2 heterocycles. The fraction of sp³-hybridized carbons (Fsp3) is 0.697. The SMILES string of the molecule is CCCCCCC(F)COC1CCc2cc(-c3ccc(OCCCCCC(CC)C4CC4)cn3)nc(F)c2C1(F)F. The molecule has 228 valence electrons. The molecule has 8 heteroatoms. The van der Waals surface area contributed by atoms with Gasteiger partial charge in [0, 0.05) is 0 Å². The lowest BCUT2D eigenvalue weighted by molar-refractivity contribution is -0.160. The number of pyridine rings is 2. The average molecular weight is 579 g/mol. The molecule has 0 spiro atoms. The first-order chi connectivity index (χ1) is 19.8. The first-order valence-electron chi connectivity index (χ1n) is 15.8. The highest BCUT2D eigenvalue weighted by Crippen LogP contribution is 2.44. The molecule has 2 aromatic heterocycles. The van der Waals surface area contributed by atoms with Crippen molar-refractivity contribution < 1.29 is 27.0 Å². The Morgan fingerprint density at radius 3 is 2.46 bits per heavy atom. The van der Waals surface area contributed by atoms with Crippen molar-refractivity contribution in [2.24, 2.45) is 11.8 Å². The van der Waals surface area contributed by atoms with E-state index in [1.54, 1.807) is 18.3 Å². The summed E-state index contributed by atoms with van der Waals surface area (Å²) in [5, 5.41) is 0. The highest BCUT2D eigenvalue weighted by Gasteiger charge is 2.49. The molecular weight excluding hydrogens is 532 g/mol. The first kappa shape index (κ1) is 31.7. The lowest BCUT2D eigenvalue weighted by atomic mass is 9.86. The van der Waals surface area contributed by atoms with Gasteiger partial charge in [-0.1, -0.05) is 65.2 Å². The Kier molecular flexibility index (Phi) is 11.8. The second-order valence-electron chi connectivity index (χ2n) is 11.8. The molecule has 0 N–H and O–H groups in total. The highest BCUT2D eigenvalue weighted by molar-refractivity contribution is 5.57. The predicted molar refractivity (Wildman–Crippen MR) is 154 cm³/mol. The molecule has 0 bridgehead atoms. The summed E-state index contributed by atoms with van der Waals surface area (Å²) in [6.45, 7) is 4.55. The largest absolute Gasteiger partial charge is 0.492 e. The van der Waals surface area contributed by atoms with E-state index in [1.807, 2.05) is 0 Å². The van der Waals surface area contributed by atoms with Crippen LogP contribution in [0.2, 0.25) is 0 Å². The second-order valence-corrected chi connectivity index (χ2v) is 11.8. The predicted octanol–water partition coefficient (Wildman–Crippen LogP) is 9.39. The van der Waals surface area contributed by atoms with Gasteiger partial charge in [-0.25, -0.2) is 9.37 Å². The summed E-state index contributed by atoms with van der Waals surface area (Å²) in [5.74, 6) is -2.37. The summed E-state index contributed by atoms with van der Waals surface area (Å²) < 4.78 is 70.8. The number of unbranched alkanes of at least 4 members (excludes halogenated alkanes) is 5. The van der Waals surface area contributed by atoms with Crippen LogP contribution in [-0.2, 0) is 17.1 Å². The van der Waals surface area contributed by atoms with E-state index in [-0.39, 0.29) is 30.5 Å². The lowest BCUT2D eigenvalue weighted by Gasteiger charge is -2.33. The minimum atomic E-state index is -3.59. The van der Waals surface area contributed by atoms with Crippen LogP contribution in [0.15, 0.2) is 24.4 Å². The molecule has 3 unspecified atom stereocenters. The van der Waals surface area contributed by atoms with Crippen LogP contribution in [0.3, 0.4) is 0 Å². The lowest BCUT2D eigenvalue weighted by Crippen LogP contribution is -2.40. The topological polar surface area (TPSA) is 44.2 Å². The van der Waals surface area contributed by atoms with Crippen molar-refractivity contribution in [1.29, 1.82) is 0 Å². The quantitative estimate of drug-likeness (QED) is 0.100. The van der Waals surface area contributed by atoms with Crippen molar-refractivity contribution in [2.45, 2.75) is 122 Å². The number of hydrogen-bond acceptors (Lipinski definition) is 4. The van der Waals surface area contributed by atoms with Gasteiger partial charge in [-0.2, -0.15) is 13.2 Å². The van der Waals surface area contributed by atoms with E-state index in [2.05, 4.69) is 23.8 Å². The summed E-state index contributed by atoms with van der Waals surface area (Å²) in [7, 11) is 0. The third kappa shape index (κ3) is 8.89. The molecule has 0 aromatic carbocycles. The monoisotopic (exact) mass is 578 g/mol. The van der Waals surface area contributed by atoms with Gasteiger partial charge >= 0.3 is 5.92 Å². The number of ether oxygens (including phenoxy) is 2. The molecule has 3 atom stereocenters. The second kappa shape index (κ2) is 15.3. The summed E-state index contributed by atoms with van der Waals surface area (Å²) >= 11 is 0. The Balaban J connectivity index is 1.27. The molecule has 0 radical (unpaired) electrons. The standard InChI is InChI=1S/C33H46F4N2O2/c1-3-5-6-9-12-26(34)22-41-30-18-15-25-20-29(39-32(35)31(25)33(30,36)37)28-17-16-27(21-38-28)40-19-10-7-8-11-23(4-2)24-13-14-24/h16-17,20-21,23-24,26,30H,3-15,18-19,22H2,1-2H3. The third-order valence-electron chi connectivity index (χ3n) is 8.62. The highest BCUT2D eigenvalue weighted by atomic mass is 19.3. The molecule has 41 heavy (non-hydrogen) atoms. The zero-order chi connectivity index (χ0) is 29.2. The smallest absolute Gasteiger partial charge is 0.303 e. The zero-order valence-corrected chi connectivity index (χ0v) is 24.7. The molecule has 2 aromatic rings. The minimum absolute atomic E-state index is 0.0225. The van der Waals surface area contributed by atoms with Gasteiger partial charge < -0.3 is 9.47 Å². The number of alkyl halides is 3. The number of aryl methyl sites for hydroxylation is 1. The molecule has 1 fully saturated rings. The third-order valence-corrected chi connectivity index (χ3v) is 8.62. The van der Waals surface area contributed by atoms with E-state index in [0.717, 1.165) is 43.9 Å². The maximum Gasteiger partial charge on any atom is 0.303 e. The Morgan fingerprint density at radius 1 is 0.976 bits per heavy atom. The fourth-order valence-electron chi connectivity index (χ4n) is 5.99. The Labute approximate surface area is 242 Å². The number of fused-ring (bicyclic) bond motifs is 1. The minimum Gasteiger partial charge on any atom is -0.492 e.